The van der Waals surface area contributed by atoms with E-state index in [2.05, 4.69) is 16.0 Å². The maximum atomic E-state index is 12.4. The molecule has 0 radical (unpaired) electrons. The van der Waals surface area contributed by atoms with Gasteiger partial charge < -0.3 is 30.0 Å². The molecule has 3 fully saturated rings. The van der Waals surface area contributed by atoms with Crippen molar-refractivity contribution in [1.82, 2.24) is 30.7 Å². The molecule has 3 saturated heterocycles. The van der Waals surface area contributed by atoms with Crippen LogP contribution in [0.1, 0.15) is 0 Å². The number of aliphatic hydroxyl groups excluding tert-OH is 3. The summed E-state index contributed by atoms with van der Waals surface area (Å²) in [6, 6.07) is 0. The fraction of sp³-hybridized carbons (Fsp3) is 0.625. The number of nitrogens with zero attached hydrogens (tertiary/aromatic N) is 3. The van der Waals surface area contributed by atoms with Crippen LogP contribution in [0.5, 0.6) is 0 Å². The van der Waals surface area contributed by atoms with Crippen LogP contribution in [-0.4, -0.2) is 107 Å². The van der Waals surface area contributed by atoms with E-state index in [4.69, 9.17) is 15.3 Å². The van der Waals surface area contributed by atoms with Crippen LogP contribution in [-0.2, 0) is 9.59 Å². The molecule has 150 valence electrons. The van der Waals surface area contributed by atoms with Gasteiger partial charge in [0.15, 0.2) is 0 Å². The van der Waals surface area contributed by atoms with Crippen LogP contribution in [0.25, 0.3) is 0 Å². The molecule has 1 aliphatic carbocycles. The zero-order valence-corrected chi connectivity index (χ0v) is 15.0. The summed E-state index contributed by atoms with van der Waals surface area (Å²) < 4.78 is 0. The highest BCUT2D eigenvalue weighted by Gasteiger charge is 2.43. The molecule has 0 bridgehead atoms. The molecule has 6 N–H and O–H groups in total. The second-order valence-electron chi connectivity index (χ2n) is 6.40. The van der Waals surface area contributed by atoms with E-state index in [9.17, 15) is 9.59 Å². The van der Waals surface area contributed by atoms with Crippen molar-refractivity contribution in [2.24, 2.45) is 0 Å². The molecular weight excluding hydrogens is 356 g/mol. The predicted octanol–water partition coefficient (Wildman–Crippen LogP) is -3.93. The number of carbonyl (C=O) groups is 2. The third-order valence-corrected chi connectivity index (χ3v) is 4.37. The number of rotatable bonds is 9. The van der Waals surface area contributed by atoms with Gasteiger partial charge in [-0.05, 0) is 0 Å². The van der Waals surface area contributed by atoms with Crippen LogP contribution in [0.4, 0.5) is 0 Å². The largest absolute Gasteiger partial charge is 0.381 e. The topological polar surface area (TPSA) is 140 Å². The summed E-state index contributed by atoms with van der Waals surface area (Å²) >= 11 is 0. The standard InChI is InChI=1S/C12H13N3O2.C4H13N3O3/c16-9-7-8(13-1-2-13)12(17)11(15-5-6-15)10(9)14-3-4-14;8-1-5-4(6-2-9)7-3-10/h7H,1-6H2;4-10H,1-3H2. The van der Waals surface area contributed by atoms with E-state index < -0.39 is 6.29 Å². The van der Waals surface area contributed by atoms with Crippen molar-refractivity contribution in [3.05, 3.63) is 23.2 Å². The van der Waals surface area contributed by atoms with Gasteiger partial charge in [0.05, 0.1) is 25.9 Å². The van der Waals surface area contributed by atoms with Gasteiger partial charge in [-0.25, -0.2) is 0 Å². The molecule has 11 heteroatoms. The predicted molar refractivity (Wildman–Crippen MR) is 94.3 cm³/mol. The maximum absolute atomic E-state index is 12.4. The van der Waals surface area contributed by atoms with Gasteiger partial charge in [0.2, 0.25) is 11.6 Å². The van der Waals surface area contributed by atoms with E-state index in [-0.39, 0.29) is 31.8 Å². The Labute approximate surface area is 156 Å². The summed E-state index contributed by atoms with van der Waals surface area (Å²) in [5, 5.41) is 32.5. The molecule has 0 atom stereocenters. The summed E-state index contributed by atoms with van der Waals surface area (Å²) in [5.74, 6) is 0.0485. The number of Topliss-reactive ketones (excluding diaryl/α,β-unsaturated/α-hetero) is 1. The first-order valence-corrected chi connectivity index (χ1v) is 8.93. The number of allylic oxidation sites excluding steroid dienone is 1. The molecule has 0 aromatic rings. The fourth-order valence-electron chi connectivity index (χ4n) is 2.77. The Hall–Kier alpha value is -2.02. The van der Waals surface area contributed by atoms with Gasteiger partial charge in [-0.1, -0.05) is 0 Å². The second-order valence-corrected chi connectivity index (χ2v) is 6.40. The van der Waals surface area contributed by atoms with Crippen molar-refractivity contribution in [3.63, 3.8) is 0 Å². The van der Waals surface area contributed by atoms with Gasteiger partial charge >= 0.3 is 0 Å². The summed E-state index contributed by atoms with van der Waals surface area (Å²) in [6.45, 7) is 4.71. The number of hydrogen-bond donors (Lipinski definition) is 6. The monoisotopic (exact) mass is 382 g/mol. The SMILES string of the molecule is O=C1C=C(N2CC2)C(=O)C(N2CC2)=C1N1CC1.OCNC(NCO)NCO. The number of hydrogen-bond acceptors (Lipinski definition) is 11. The number of aliphatic hydroxyl groups is 3. The number of nitrogens with one attached hydrogen (secondary N) is 3. The molecule has 0 saturated carbocycles. The van der Waals surface area contributed by atoms with Gasteiger partial charge in [0.25, 0.3) is 0 Å². The van der Waals surface area contributed by atoms with Crippen molar-refractivity contribution in [2.45, 2.75) is 6.29 Å². The first kappa shape index (κ1) is 19.7. The lowest BCUT2D eigenvalue weighted by atomic mass is 10.0. The lowest BCUT2D eigenvalue weighted by Crippen LogP contribution is -2.53. The zero-order valence-electron chi connectivity index (χ0n) is 15.0. The minimum atomic E-state index is -0.472. The quantitative estimate of drug-likeness (QED) is 0.132. The van der Waals surface area contributed by atoms with E-state index in [1.165, 1.54) is 6.08 Å². The van der Waals surface area contributed by atoms with Crippen LogP contribution >= 0.6 is 0 Å². The second kappa shape index (κ2) is 8.78. The fourth-order valence-corrected chi connectivity index (χ4v) is 2.77. The zero-order chi connectivity index (χ0) is 19.4. The van der Waals surface area contributed by atoms with Crippen molar-refractivity contribution in [3.8, 4) is 0 Å². The highest BCUT2D eigenvalue weighted by Crippen LogP contribution is 2.33. The molecule has 11 nitrogen and oxygen atoms in total. The Balaban J connectivity index is 0.000000183. The van der Waals surface area contributed by atoms with Gasteiger partial charge in [-0.15, -0.1) is 0 Å². The smallest absolute Gasteiger partial charge is 0.227 e. The summed E-state index contributed by atoms with van der Waals surface area (Å²) in [4.78, 5) is 30.5. The summed E-state index contributed by atoms with van der Waals surface area (Å²) in [5.41, 5.74) is 1.89. The first-order valence-electron chi connectivity index (χ1n) is 8.93. The Morgan fingerprint density at radius 2 is 1.22 bits per heavy atom. The third kappa shape index (κ3) is 5.03. The number of ketones is 2. The summed E-state index contributed by atoms with van der Waals surface area (Å²) in [6.07, 6.45) is 1.05. The lowest BCUT2D eigenvalue weighted by molar-refractivity contribution is -0.117. The molecule has 27 heavy (non-hydrogen) atoms. The Kier molecular flexibility index (Phi) is 6.42. The molecule has 4 aliphatic rings. The van der Waals surface area contributed by atoms with Crippen molar-refractivity contribution in [1.29, 1.82) is 0 Å². The molecular formula is C16H26N6O5. The van der Waals surface area contributed by atoms with E-state index in [0.29, 0.717) is 17.1 Å². The Bertz CT molecular complexity index is 625. The van der Waals surface area contributed by atoms with Crippen LogP contribution in [0, 0.1) is 0 Å². The number of carbonyl (C=O) groups excluding carboxylic acids is 2. The Morgan fingerprint density at radius 3 is 1.63 bits per heavy atom. The molecule has 3 aliphatic heterocycles. The van der Waals surface area contributed by atoms with E-state index in [1.807, 2.05) is 14.7 Å². The third-order valence-electron chi connectivity index (χ3n) is 4.37. The maximum Gasteiger partial charge on any atom is 0.227 e. The molecule has 0 unspecified atom stereocenters. The van der Waals surface area contributed by atoms with Crippen LogP contribution in [0.3, 0.4) is 0 Å². The van der Waals surface area contributed by atoms with Gasteiger partial charge in [0, 0.05) is 45.3 Å². The van der Waals surface area contributed by atoms with Crippen LogP contribution in [0.15, 0.2) is 23.2 Å². The minimum Gasteiger partial charge on any atom is -0.381 e. The Morgan fingerprint density at radius 1 is 0.778 bits per heavy atom. The first-order chi connectivity index (χ1) is 13.1. The van der Waals surface area contributed by atoms with Gasteiger partial charge in [-0.3, -0.25) is 25.5 Å². The van der Waals surface area contributed by atoms with Crippen molar-refractivity contribution >= 4 is 11.6 Å². The van der Waals surface area contributed by atoms with Gasteiger partial charge in [-0.2, -0.15) is 0 Å². The van der Waals surface area contributed by atoms with E-state index in [1.54, 1.807) is 0 Å². The minimum absolute atomic E-state index is 0.00546. The normalized spacial score (nSPS) is 20.7. The van der Waals surface area contributed by atoms with Crippen molar-refractivity contribution in [2.75, 3.05) is 59.5 Å². The molecule has 3 heterocycles. The average Bonchev–Trinajstić information content (AvgIpc) is 3.48. The van der Waals surface area contributed by atoms with Crippen LogP contribution < -0.4 is 16.0 Å². The highest BCUT2D eigenvalue weighted by atomic mass is 16.3. The van der Waals surface area contributed by atoms with Crippen molar-refractivity contribution < 1.29 is 24.9 Å². The average molecular weight is 382 g/mol. The molecule has 0 aromatic carbocycles. The van der Waals surface area contributed by atoms with Gasteiger partial charge in [0.1, 0.15) is 17.7 Å². The van der Waals surface area contributed by atoms with Crippen LogP contribution in [0.2, 0.25) is 0 Å². The molecule has 0 spiro atoms. The molecule has 4 rings (SSSR count). The lowest BCUT2D eigenvalue weighted by Gasteiger charge is -2.21. The summed E-state index contributed by atoms with van der Waals surface area (Å²) in [7, 11) is 0. The molecule has 0 amide bonds. The van der Waals surface area contributed by atoms with E-state index >= 15 is 0 Å². The van der Waals surface area contributed by atoms with E-state index in [0.717, 1.165) is 39.3 Å². The highest BCUT2D eigenvalue weighted by molar-refractivity contribution is 6.22. The molecule has 0 aromatic heterocycles.